The fourth-order valence-corrected chi connectivity index (χ4v) is 2.73. The first-order chi connectivity index (χ1) is 11.3. The predicted molar refractivity (Wildman–Crippen MR) is 92.4 cm³/mol. The standard InChI is InChI=1S/C15H16N4O4S/c1-8(2)18-19-15-17-13(21)11(24-15)7-12(20)16-10-5-3-9(4-6-10)14(22)23/h3-6,11H,7H2,1-2H3,(H,16,20)(H,22,23)(H,17,19,21)/t11-/m0/s1. The van der Waals surface area contributed by atoms with Crippen molar-refractivity contribution in [2.45, 2.75) is 25.5 Å². The summed E-state index contributed by atoms with van der Waals surface area (Å²) in [5, 5.41) is 21.6. The second-order valence-corrected chi connectivity index (χ2v) is 6.37. The van der Waals surface area contributed by atoms with Crippen LogP contribution in [0.3, 0.4) is 0 Å². The van der Waals surface area contributed by atoms with E-state index in [4.69, 9.17) is 5.11 Å². The first-order valence-corrected chi connectivity index (χ1v) is 7.92. The Balaban J connectivity index is 1.92. The quantitative estimate of drug-likeness (QED) is 0.552. The van der Waals surface area contributed by atoms with E-state index in [1.54, 1.807) is 13.8 Å². The molecule has 0 aromatic heterocycles. The van der Waals surface area contributed by atoms with Gasteiger partial charge in [0.2, 0.25) is 11.8 Å². The Hall–Kier alpha value is -2.68. The van der Waals surface area contributed by atoms with Crippen LogP contribution in [0.2, 0.25) is 0 Å². The summed E-state index contributed by atoms with van der Waals surface area (Å²) in [5.41, 5.74) is 1.35. The number of nitrogens with zero attached hydrogens (tertiary/aromatic N) is 2. The smallest absolute Gasteiger partial charge is 0.335 e. The van der Waals surface area contributed by atoms with Crippen LogP contribution in [0.1, 0.15) is 30.6 Å². The summed E-state index contributed by atoms with van der Waals surface area (Å²) < 4.78 is 0. The Morgan fingerprint density at radius 2 is 1.96 bits per heavy atom. The summed E-state index contributed by atoms with van der Waals surface area (Å²) >= 11 is 1.15. The third-order valence-corrected chi connectivity index (χ3v) is 3.98. The number of benzene rings is 1. The van der Waals surface area contributed by atoms with E-state index in [-0.39, 0.29) is 23.8 Å². The summed E-state index contributed by atoms with van der Waals surface area (Å²) in [5.74, 6) is -1.68. The number of hydrogen-bond acceptors (Lipinski definition) is 6. The third kappa shape index (κ3) is 4.92. The van der Waals surface area contributed by atoms with E-state index in [0.29, 0.717) is 10.9 Å². The molecule has 0 radical (unpaired) electrons. The van der Waals surface area contributed by atoms with Crippen molar-refractivity contribution < 1.29 is 19.5 Å². The second-order valence-electron chi connectivity index (χ2n) is 5.18. The zero-order valence-electron chi connectivity index (χ0n) is 13.1. The van der Waals surface area contributed by atoms with Crippen LogP contribution in [0.5, 0.6) is 0 Å². The topological polar surface area (TPSA) is 120 Å². The Labute approximate surface area is 142 Å². The van der Waals surface area contributed by atoms with E-state index in [2.05, 4.69) is 20.8 Å². The van der Waals surface area contributed by atoms with Gasteiger partial charge in [-0.1, -0.05) is 11.8 Å². The molecule has 0 bridgehead atoms. The Morgan fingerprint density at radius 1 is 1.29 bits per heavy atom. The Morgan fingerprint density at radius 3 is 2.54 bits per heavy atom. The van der Waals surface area contributed by atoms with E-state index >= 15 is 0 Å². The highest BCUT2D eigenvalue weighted by Crippen LogP contribution is 2.23. The second kappa shape index (κ2) is 7.73. The van der Waals surface area contributed by atoms with Crippen LogP contribution in [0, 0.1) is 0 Å². The molecular formula is C15H16N4O4S. The minimum Gasteiger partial charge on any atom is -0.478 e. The fraction of sp³-hybridized carbons (Fsp3) is 0.267. The molecule has 1 saturated heterocycles. The third-order valence-electron chi connectivity index (χ3n) is 2.90. The monoisotopic (exact) mass is 348 g/mol. The molecule has 1 aromatic rings. The molecule has 24 heavy (non-hydrogen) atoms. The van der Waals surface area contributed by atoms with Gasteiger partial charge in [-0.05, 0) is 38.1 Å². The van der Waals surface area contributed by atoms with Gasteiger partial charge < -0.3 is 15.7 Å². The average molecular weight is 348 g/mol. The molecule has 8 nitrogen and oxygen atoms in total. The SMILES string of the molecule is CC(C)=N/N=C1\NC(=O)[C@H](CC(=O)Nc2ccc(C(=O)O)cc2)S1. The van der Waals surface area contributed by atoms with Gasteiger partial charge in [0, 0.05) is 17.8 Å². The number of amides is 2. The molecule has 1 aromatic carbocycles. The van der Waals surface area contributed by atoms with Crippen molar-refractivity contribution in [3.63, 3.8) is 0 Å². The van der Waals surface area contributed by atoms with Crippen molar-refractivity contribution in [1.82, 2.24) is 5.32 Å². The van der Waals surface area contributed by atoms with Gasteiger partial charge in [-0.25, -0.2) is 4.79 Å². The molecule has 9 heteroatoms. The molecule has 0 saturated carbocycles. The maximum Gasteiger partial charge on any atom is 0.335 e. The molecule has 0 unspecified atom stereocenters. The van der Waals surface area contributed by atoms with Crippen LogP contribution in [0.15, 0.2) is 34.5 Å². The van der Waals surface area contributed by atoms with Crippen molar-refractivity contribution >= 4 is 46.1 Å². The molecule has 0 aliphatic carbocycles. The summed E-state index contributed by atoms with van der Waals surface area (Å²) in [6, 6.07) is 5.78. The molecule has 1 aliphatic rings. The van der Waals surface area contributed by atoms with Crippen LogP contribution in [-0.2, 0) is 9.59 Å². The number of carbonyl (C=O) groups is 3. The van der Waals surface area contributed by atoms with Gasteiger partial charge in [-0.3, -0.25) is 9.59 Å². The lowest BCUT2D eigenvalue weighted by atomic mass is 10.2. The molecule has 1 aliphatic heterocycles. The number of carbonyl (C=O) groups excluding carboxylic acids is 2. The normalized spacial score (nSPS) is 18.2. The number of carboxylic acid groups (broad SMARTS) is 1. The molecular weight excluding hydrogens is 332 g/mol. The van der Waals surface area contributed by atoms with Gasteiger partial charge in [0.1, 0.15) is 5.25 Å². The van der Waals surface area contributed by atoms with Crippen molar-refractivity contribution in [1.29, 1.82) is 0 Å². The van der Waals surface area contributed by atoms with Gasteiger partial charge in [0.05, 0.1) is 5.56 Å². The lowest BCUT2D eigenvalue weighted by Crippen LogP contribution is -2.28. The molecule has 1 atom stereocenters. The van der Waals surface area contributed by atoms with Crippen LogP contribution in [0.4, 0.5) is 5.69 Å². The first-order valence-electron chi connectivity index (χ1n) is 7.04. The van der Waals surface area contributed by atoms with Gasteiger partial charge in [0.15, 0.2) is 5.17 Å². The van der Waals surface area contributed by atoms with Gasteiger partial charge >= 0.3 is 5.97 Å². The molecule has 1 fully saturated rings. The largest absolute Gasteiger partial charge is 0.478 e. The number of anilines is 1. The zero-order chi connectivity index (χ0) is 17.7. The molecule has 0 spiro atoms. The summed E-state index contributed by atoms with van der Waals surface area (Å²) in [4.78, 5) is 34.6. The Bertz CT molecular complexity index is 723. The van der Waals surface area contributed by atoms with Crippen LogP contribution in [0.25, 0.3) is 0 Å². The number of amidine groups is 1. The van der Waals surface area contributed by atoms with Crippen LogP contribution < -0.4 is 10.6 Å². The van der Waals surface area contributed by atoms with Gasteiger partial charge in [-0.2, -0.15) is 5.10 Å². The summed E-state index contributed by atoms with van der Waals surface area (Å²) in [7, 11) is 0. The maximum atomic E-state index is 12.0. The van der Waals surface area contributed by atoms with E-state index in [0.717, 1.165) is 17.5 Å². The number of aromatic carboxylic acids is 1. The molecule has 2 amide bonds. The number of hydrogen-bond donors (Lipinski definition) is 3. The Kier molecular flexibility index (Phi) is 5.69. The lowest BCUT2D eigenvalue weighted by Gasteiger charge is -2.07. The van der Waals surface area contributed by atoms with E-state index in [1.165, 1.54) is 24.3 Å². The minimum atomic E-state index is -1.04. The number of rotatable bonds is 5. The number of thioether (sulfide) groups is 1. The highest BCUT2D eigenvalue weighted by atomic mass is 32.2. The maximum absolute atomic E-state index is 12.0. The van der Waals surface area contributed by atoms with Crippen LogP contribution in [-0.4, -0.2) is 39.0 Å². The number of carboxylic acids is 1. The summed E-state index contributed by atoms with van der Waals surface area (Å²) in [6.45, 7) is 3.57. The van der Waals surface area contributed by atoms with Gasteiger partial charge in [0.25, 0.3) is 0 Å². The molecule has 2 rings (SSSR count). The van der Waals surface area contributed by atoms with Gasteiger partial charge in [-0.15, -0.1) is 5.10 Å². The molecule has 126 valence electrons. The highest BCUT2D eigenvalue weighted by Gasteiger charge is 2.32. The highest BCUT2D eigenvalue weighted by molar-refractivity contribution is 8.15. The lowest BCUT2D eigenvalue weighted by molar-refractivity contribution is -0.122. The number of nitrogens with one attached hydrogen (secondary N) is 2. The molecule has 3 N–H and O–H groups in total. The van der Waals surface area contributed by atoms with Crippen molar-refractivity contribution in [2.75, 3.05) is 5.32 Å². The zero-order valence-corrected chi connectivity index (χ0v) is 13.9. The summed E-state index contributed by atoms with van der Waals surface area (Å²) in [6.07, 6.45) is -0.0228. The fourth-order valence-electron chi connectivity index (χ4n) is 1.81. The van der Waals surface area contributed by atoms with E-state index in [9.17, 15) is 14.4 Å². The average Bonchev–Trinajstić information content (AvgIpc) is 2.85. The first kappa shape index (κ1) is 17.7. The minimum absolute atomic E-state index is 0.0228. The predicted octanol–water partition coefficient (Wildman–Crippen LogP) is 1.70. The molecule has 1 heterocycles. The van der Waals surface area contributed by atoms with Crippen molar-refractivity contribution in [3.05, 3.63) is 29.8 Å². The van der Waals surface area contributed by atoms with Crippen LogP contribution >= 0.6 is 11.8 Å². The van der Waals surface area contributed by atoms with E-state index in [1.807, 2.05) is 0 Å². The van der Waals surface area contributed by atoms with E-state index < -0.39 is 11.2 Å². The van der Waals surface area contributed by atoms with Crippen molar-refractivity contribution in [2.24, 2.45) is 10.2 Å². The van der Waals surface area contributed by atoms with Crippen molar-refractivity contribution in [3.8, 4) is 0 Å².